The Morgan fingerprint density at radius 1 is 0.443 bits per heavy atom. The zero-order valence-electron chi connectivity index (χ0n) is 34.2. The molecule has 4 aromatic heterocycles. The van der Waals surface area contributed by atoms with Crippen LogP contribution in [0.5, 0.6) is 0 Å². The topological polar surface area (TPSA) is 52.1 Å². The van der Waals surface area contributed by atoms with E-state index < -0.39 is 0 Å². The van der Waals surface area contributed by atoms with Crippen molar-refractivity contribution in [3.8, 4) is 55.9 Å². The van der Waals surface area contributed by atoms with Gasteiger partial charge in [-0.1, -0.05) is 97.4 Å². The van der Waals surface area contributed by atoms with E-state index in [4.69, 9.17) is 13.8 Å². The van der Waals surface area contributed by atoms with Gasteiger partial charge in [-0.2, -0.15) is 0 Å². The van der Waals surface area contributed by atoms with Gasteiger partial charge in [0.25, 0.3) is 0 Å². The molecular formula is C56H40IrN2O2-2. The molecule has 7 aromatic carbocycles. The van der Waals surface area contributed by atoms with Crippen LogP contribution in [-0.2, 0) is 20.1 Å². The fourth-order valence-corrected chi connectivity index (χ4v) is 8.01. The first kappa shape index (κ1) is 39.5. The molecule has 61 heavy (non-hydrogen) atoms. The van der Waals surface area contributed by atoms with Crippen LogP contribution in [0.1, 0.15) is 22.3 Å². The summed E-state index contributed by atoms with van der Waals surface area (Å²) in [7, 11) is 0. The van der Waals surface area contributed by atoms with Crippen molar-refractivity contribution in [2.24, 2.45) is 0 Å². The van der Waals surface area contributed by atoms with Gasteiger partial charge in [-0.25, -0.2) is 0 Å². The SMILES string of the molecule is Cc1c[c-]c(-c2cc(C)c(C)cn2)cc1.Cc1cnc(-c2[c-]cccc2)cc1-c1c2c(cc3oc4cc(-c5ccccc5)ccc4c13)oc1cc(-c3ccccc3)ccc12.[Ir]. The Balaban J connectivity index is 0.000000253. The Kier molecular flexibility index (Phi) is 10.8. The van der Waals surface area contributed by atoms with Crippen LogP contribution in [-0.4, -0.2) is 9.97 Å². The summed E-state index contributed by atoms with van der Waals surface area (Å²) in [4.78, 5) is 9.21. The van der Waals surface area contributed by atoms with Crippen LogP contribution in [0.3, 0.4) is 0 Å². The van der Waals surface area contributed by atoms with E-state index >= 15 is 0 Å². The molecule has 4 heterocycles. The summed E-state index contributed by atoms with van der Waals surface area (Å²) < 4.78 is 13.3. The van der Waals surface area contributed by atoms with Gasteiger partial charge in [0.05, 0.1) is 0 Å². The van der Waals surface area contributed by atoms with Gasteiger partial charge in [0.15, 0.2) is 0 Å². The molecule has 5 heteroatoms. The quantitative estimate of drug-likeness (QED) is 0.161. The molecule has 0 N–H and O–H groups in total. The Bertz CT molecular complexity index is 3200. The predicted octanol–water partition coefficient (Wildman–Crippen LogP) is 15.1. The summed E-state index contributed by atoms with van der Waals surface area (Å²) in [5.41, 5.74) is 18.7. The van der Waals surface area contributed by atoms with Gasteiger partial charge in [-0.3, -0.25) is 0 Å². The smallest absolute Gasteiger partial charge is 0.139 e. The van der Waals surface area contributed by atoms with Gasteiger partial charge >= 0.3 is 0 Å². The Labute approximate surface area is 368 Å². The Hall–Kier alpha value is -6.91. The van der Waals surface area contributed by atoms with E-state index in [0.717, 1.165) is 105 Å². The third kappa shape index (κ3) is 7.59. The first-order valence-corrected chi connectivity index (χ1v) is 20.2. The summed E-state index contributed by atoms with van der Waals surface area (Å²) >= 11 is 0. The van der Waals surface area contributed by atoms with Crippen LogP contribution in [0.2, 0.25) is 0 Å². The van der Waals surface area contributed by atoms with E-state index in [9.17, 15) is 0 Å². The summed E-state index contributed by atoms with van der Waals surface area (Å²) in [6, 6.07) is 60.9. The number of hydrogen-bond acceptors (Lipinski definition) is 4. The van der Waals surface area contributed by atoms with Gasteiger partial charge in [-0.05, 0) is 95.4 Å². The van der Waals surface area contributed by atoms with Crippen LogP contribution in [0.25, 0.3) is 99.8 Å². The number of hydrogen-bond donors (Lipinski definition) is 0. The van der Waals surface area contributed by atoms with Crippen molar-refractivity contribution in [2.45, 2.75) is 27.7 Å². The van der Waals surface area contributed by atoms with E-state index in [2.05, 4.69) is 160 Å². The minimum Gasteiger partial charge on any atom is -0.456 e. The molecule has 0 atom stereocenters. The summed E-state index contributed by atoms with van der Waals surface area (Å²) in [6.45, 7) is 8.37. The average Bonchev–Trinajstić information content (AvgIpc) is 3.85. The van der Waals surface area contributed by atoms with Crippen molar-refractivity contribution in [3.05, 3.63) is 205 Å². The summed E-state index contributed by atoms with van der Waals surface area (Å²) in [5, 5.41) is 4.29. The first-order valence-electron chi connectivity index (χ1n) is 20.2. The number of nitrogens with zero attached hydrogens (tertiary/aromatic N) is 2. The molecule has 0 aliphatic heterocycles. The van der Waals surface area contributed by atoms with Crippen LogP contribution in [0.15, 0.2) is 179 Å². The molecule has 11 aromatic rings. The molecule has 1 radical (unpaired) electrons. The van der Waals surface area contributed by atoms with Crippen LogP contribution < -0.4 is 0 Å². The maximum Gasteiger partial charge on any atom is 0.139 e. The number of benzene rings is 7. The largest absolute Gasteiger partial charge is 0.456 e. The minimum atomic E-state index is 0. The third-order valence-electron chi connectivity index (χ3n) is 11.4. The van der Waals surface area contributed by atoms with Crippen molar-refractivity contribution in [1.29, 1.82) is 0 Å². The number of furan rings is 2. The molecule has 0 aliphatic carbocycles. The Morgan fingerprint density at radius 2 is 1.00 bits per heavy atom. The zero-order chi connectivity index (χ0) is 40.7. The van der Waals surface area contributed by atoms with Crippen molar-refractivity contribution >= 4 is 43.9 Å². The Morgan fingerprint density at radius 3 is 1.54 bits per heavy atom. The van der Waals surface area contributed by atoms with Crippen LogP contribution in [0, 0.1) is 39.8 Å². The van der Waals surface area contributed by atoms with E-state index in [1.54, 1.807) is 0 Å². The van der Waals surface area contributed by atoms with Gasteiger partial charge in [0.1, 0.15) is 22.3 Å². The number of aromatic nitrogens is 2. The molecule has 0 unspecified atom stereocenters. The second kappa shape index (κ2) is 16.6. The van der Waals surface area contributed by atoms with Gasteiger partial charge in [0, 0.05) is 65.7 Å². The standard InChI is InChI=1S/C42H26NO2.C14H14N.Ir/c1-26-25-43-35(29-15-9-4-10-16-29)23-34(26)42-40-32-19-17-30(27-11-5-2-6-12-27)21-36(32)44-38(40)24-39-41(42)33-20-18-31(22-37(33)45-39)28-13-7-3-8-14-28;1-10-4-6-13(7-5-10)14-8-11(2)12(3)9-15-14;/h2-15,17-25H,1H3;4-6,8-9H,1-3H3;/q2*-1;. The number of rotatable bonds is 5. The summed E-state index contributed by atoms with van der Waals surface area (Å²) in [5.74, 6) is 0. The van der Waals surface area contributed by atoms with Gasteiger partial charge in [0.2, 0.25) is 0 Å². The molecule has 11 rings (SSSR count). The van der Waals surface area contributed by atoms with Gasteiger partial charge < -0.3 is 18.8 Å². The molecule has 4 nitrogen and oxygen atoms in total. The van der Waals surface area contributed by atoms with Crippen LogP contribution >= 0.6 is 0 Å². The molecule has 0 bridgehead atoms. The molecule has 297 valence electrons. The van der Waals surface area contributed by atoms with Crippen molar-refractivity contribution < 1.29 is 28.9 Å². The second-order valence-corrected chi connectivity index (χ2v) is 15.5. The maximum atomic E-state index is 6.65. The predicted molar refractivity (Wildman–Crippen MR) is 247 cm³/mol. The van der Waals surface area contributed by atoms with E-state index in [-0.39, 0.29) is 20.1 Å². The molecular weight excluding hydrogens is 925 g/mol. The normalized spacial score (nSPS) is 11.1. The van der Waals surface area contributed by atoms with Gasteiger partial charge in [-0.15, -0.1) is 71.3 Å². The first-order chi connectivity index (χ1) is 29.4. The molecule has 0 fully saturated rings. The fraction of sp³-hybridized carbons (Fsp3) is 0.0714. The number of pyridine rings is 2. The third-order valence-corrected chi connectivity index (χ3v) is 11.4. The summed E-state index contributed by atoms with van der Waals surface area (Å²) in [6.07, 6.45) is 3.88. The fourth-order valence-electron chi connectivity index (χ4n) is 8.01. The zero-order valence-corrected chi connectivity index (χ0v) is 36.6. The van der Waals surface area contributed by atoms with Crippen LogP contribution in [0.4, 0.5) is 0 Å². The van der Waals surface area contributed by atoms with Crippen molar-refractivity contribution in [2.75, 3.05) is 0 Å². The maximum absolute atomic E-state index is 6.65. The molecule has 0 spiro atoms. The van der Waals surface area contributed by atoms with E-state index in [1.807, 2.05) is 54.9 Å². The van der Waals surface area contributed by atoms with Crippen molar-refractivity contribution in [3.63, 3.8) is 0 Å². The van der Waals surface area contributed by atoms with Crippen molar-refractivity contribution in [1.82, 2.24) is 9.97 Å². The number of fused-ring (bicyclic) bond motifs is 6. The molecule has 0 amide bonds. The monoisotopic (exact) mass is 965 g/mol. The van der Waals surface area contributed by atoms with E-state index in [0.29, 0.717) is 0 Å². The molecule has 0 aliphatic rings. The molecule has 0 saturated carbocycles. The molecule has 0 saturated heterocycles. The average molecular weight is 965 g/mol. The minimum absolute atomic E-state index is 0. The van der Waals surface area contributed by atoms with E-state index in [1.165, 1.54) is 16.7 Å². The second-order valence-electron chi connectivity index (χ2n) is 15.5. The number of aryl methyl sites for hydroxylation is 4.